The van der Waals surface area contributed by atoms with Crippen LogP contribution in [0.1, 0.15) is 19.8 Å². The molecule has 1 saturated carbocycles. The number of carbonyl (C=O) groups is 2. The Balaban J connectivity index is 2.00. The van der Waals surface area contributed by atoms with Crippen molar-refractivity contribution in [1.29, 1.82) is 0 Å². The van der Waals surface area contributed by atoms with Gasteiger partial charge in [-0.3, -0.25) is 9.59 Å². The Labute approximate surface area is 90.0 Å². The summed E-state index contributed by atoms with van der Waals surface area (Å²) in [7, 11) is 1.74. The first-order valence-corrected chi connectivity index (χ1v) is 5.38. The molecule has 0 bridgehead atoms. The summed E-state index contributed by atoms with van der Waals surface area (Å²) in [6, 6.07) is -0.191. The van der Waals surface area contributed by atoms with Crippen molar-refractivity contribution in [3.8, 4) is 0 Å². The molecule has 0 aromatic heterocycles. The first-order chi connectivity index (χ1) is 7.15. The van der Waals surface area contributed by atoms with E-state index in [1.165, 1.54) is 0 Å². The second kappa shape index (κ2) is 5.70. The van der Waals surface area contributed by atoms with Gasteiger partial charge in [0.25, 0.3) is 0 Å². The van der Waals surface area contributed by atoms with Crippen LogP contribution in [0.4, 0.5) is 0 Å². The monoisotopic (exact) mass is 213 g/mol. The highest BCUT2D eigenvalue weighted by Crippen LogP contribution is 2.28. The maximum atomic E-state index is 11.3. The zero-order chi connectivity index (χ0) is 11.3. The van der Waals surface area contributed by atoms with Crippen LogP contribution in [0.25, 0.3) is 0 Å². The molecule has 5 nitrogen and oxygen atoms in total. The smallest absolute Gasteiger partial charge is 0.236 e. The third kappa shape index (κ3) is 4.29. The van der Waals surface area contributed by atoms with Gasteiger partial charge >= 0.3 is 0 Å². The zero-order valence-electron chi connectivity index (χ0n) is 9.30. The fourth-order valence-electron chi connectivity index (χ4n) is 1.15. The molecule has 86 valence electrons. The largest absolute Gasteiger partial charge is 0.354 e. The molecule has 0 spiro atoms. The molecule has 0 saturated heterocycles. The van der Waals surface area contributed by atoms with Gasteiger partial charge in [0.15, 0.2) is 0 Å². The van der Waals surface area contributed by atoms with Crippen LogP contribution in [0.3, 0.4) is 0 Å². The first-order valence-electron chi connectivity index (χ1n) is 5.38. The summed E-state index contributed by atoms with van der Waals surface area (Å²) in [4.78, 5) is 22.5. The molecule has 5 heteroatoms. The van der Waals surface area contributed by atoms with Crippen molar-refractivity contribution in [2.75, 3.05) is 20.1 Å². The van der Waals surface area contributed by atoms with Crippen LogP contribution in [-0.2, 0) is 9.59 Å². The molecule has 0 heterocycles. The van der Waals surface area contributed by atoms with Crippen LogP contribution in [-0.4, -0.2) is 38.0 Å². The van der Waals surface area contributed by atoms with E-state index in [9.17, 15) is 9.59 Å². The van der Waals surface area contributed by atoms with Gasteiger partial charge in [0, 0.05) is 19.0 Å². The normalized spacial score (nSPS) is 16.9. The molecule has 15 heavy (non-hydrogen) atoms. The number of amides is 2. The van der Waals surface area contributed by atoms with Crippen molar-refractivity contribution in [3.63, 3.8) is 0 Å². The average Bonchev–Trinajstić information content (AvgIpc) is 3.06. The summed E-state index contributed by atoms with van der Waals surface area (Å²) in [5, 5.41) is 8.36. The molecule has 1 aliphatic carbocycles. The maximum Gasteiger partial charge on any atom is 0.236 e. The van der Waals surface area contributed by atoms with E-state index < -0.39 is 0 Å². The third-order valence-electron chi connectivity index (χ3n) is 2.50. The topological polar surface area (TPSA) is 70.2 Å². The lowest BCUT2D eigenvalue weighted by Gasteiger charge is -2.11. The molecule has 1 atom stereocenters. The molecule has 1 aliphatic rings. The molecular weight excluding hydrogens is 194 g/mol. The van der Waals surface area contributed by atoms with Crippen LogP contribution in [0.2, 0.25) is 0 Å². The van der Waals surface area contributed by atoms with Gasteiger partial charge in [0.2, 0.25) is 11.8 Å². The Morgan fingerprint density at radius 1 is 1.27 bits per heavy atom. The van der Waals surface area contributed by atoms with Crippen LogP contribution < -0.4 is 16.0 Å². The van der Waals surface area contributed by atoms with Gasteiger partial charge in [-0.15, -0.1) is 0 Å². The number of hydrogen-bond donors (Lipinski definition) is 3. The molecule has 2 amide bonds. The fraction of sp³-hybridized carbons (Fsp3) is 0.800. The van der Waals surface area contributed by atoms with Gasteiger partial charge in [-0.2, -0.15) is 0 Å². The molecule has 3 N–H and O–H groups in total. The average molecular weight is 213 g/mol. The fourth-order valence-corrected chi connectivity index (χ4v) is 1.15. The summed E-state index contributed by atoms with van der Waals surface area (Å²) in [6.45, 7) is 2.79. The molecule has 1 unspecified atom stereocenters. The van der Waals surface area contributed by atoms with Crippen molar-refractivity contribution in [2.45, 2.75) is 25.8 Å². The Bertz CT molecular complexity index is 239. The highest BCUT2D eigenvalue weighted by atomic mass is 16.2. The van der Waals surface area contributed by atoms with Gasteiger partial charge in [0.1, 0.15) is 0 Å². The number of carbonyl (C=O) groups excluding carboxylic acids is 2. The zero-order valence-corrected chi connectivity index (χ0v) is 9.30. The third-order valence-corrected chi connectivity index (χ3v) is 2.50. The van der Waals surface area contributed by atoms with Crippen molar-refractivity contribution in [3.05, 3.63) is 0 Å². The van der Waals surface area contributed by atoms with E-state index in [1.807, 2.05) is 0 Å². The van der Waals surface area contributed by atoms with E-state index in [4.69, 9.17) is 0 Å². The van der Waals surface area contributed by atoms with E-state index in [-0.39, 0.29) is 23.8 Å². The van der Waals surface area contributed by atoms with Crippen LogP contribution >= 0.6 is 0 Å². The molecule has 0 aromatic rings. The molecule has 0 radical (unpaired) electrons. The minimum Gasteiger partial charge on any atom is -0.354 e. The summed E-state index contributed by atoms with van der Waals surface area (Å²) in [5.41, 5.74) is 0. The molecule has 1 rings (SSSR count). The van der Waals surface area contributed by atoms with Crippen LogP contribution in [0.15, 0.2) is 0 Å². The van der Waals surface area contributed by atoms with Gasteiger partial charge in [-0.1, -0.05) is 0 Å². The van der Waals surface area contributed by atoms with E-state index in [2.05, 4.69) is 16.0 Å². The molecule has 0 aromatic carbocycles. The summed E-state index contributed by atoms with van der Waals surface area (Å²) in [5.74, 6) is 0.306. The molecule has 0 aliphatic heterocycles. The Morgan fingerprint density at radius 2 is 1.87 bits per heavy atom. The van der Waals surface area contributed by atoms with Gasteiger partial charge in [-0.25, -0.2) is 0 Å². The predicted octanol–water partition coefficient (Wildman–Crippen LogP) is -0.763. The van der Waals surface area contributed by atoms with E-state index in [1.54, 1.807) is 14.0 Å². The maximum absolute atomic E-state index is 11.3. The van der Waals surface area contributed by atoms with Crippen LogP contribution in [0.5, 0.6) is 0 Å². The number of rotatable bonds is 6. The highest BCUT2D eigenvalue weighted by Gasteiger charge is 2.28. The lowest BCUT2D eigenvalue weighted by Crippen LogP contribution is -2.43. The van der Waals surface area contributed by atoms with Crippen molar-refractivity contribution >= 4 is 11.8 Å². The lowest BCUT2D eigenvalue weighted by molar-refractivity contribution is -0.124. The van der Waals surface area contributed by atoms with Crippen molar-refractivity contribution in [1.82, 2.24) is 16.0 Å². The standard InChI is InChI=1S/C10H19N3O2/c1-7(11-2)9(14)12-5-6-13-10(15)8-3-4-8/h7-8,11H,3-6H2,1-2H3,(H,12,14)(H,13,15). The Kier molecular flexibility index (Phi) is 4.55. The van der Waals surface area contributed by atoms with Crippen molar-refractivity contribution in [2.24, 2.45) is 5.92 Å². The first kappa shape index (κ1) is 12.0. The molecular formula is C10H19N3O2. The van der Waals surface area contributed by atoms with Crippen molar-refractivity contribution < 1.29 is 9.59 Å². The summed E-state index contributed by atoms with van der Waals surface area (Å²) >= 11 is 0. The quantitative estimate of drug-likeness (QED) is 0.508. The number of likely N-dealkylation sites (N-methyl/N-ethyl adjacent to an activating group) is 1. The minimum absolute atomic E-state index is 0.0434. The van der Waals surface area contributed by atoms with Gasteiger partial charge in [0.05, 0.1) is 6.04 Å². The lowest BCUT2D eigenvalue weighted by atomic mass is 10.3. The van der Waals surface area contributed by atoms with E-state index in [0.717, 1.165) is 12.8 Å². The summed E-state index contributed by atoms with van der Waals surface area (Å²) in [6.07, 6.45) is 2.02. The summed E-state index contributed by atoms with van der Waals surface area (Å²) < 4.78 is 0. The van der Waals surface area contributed by atoms with Gasteiger partial charge < -0.3 is 16.0 Å². The van der Waals surface area contributed by atoms with Crippen LogP contribution in [0, 0.1) is 5.92 Å². The SMILES string of the molecule is CNC(C)C(=O)NCCNC(=O)C1CC1. The number of hydrogen-bond acceptors (Lipinski definition) is 3. The second-order valence-corrected chi connectivity index (χ2v) is 3.87. The Hall–Kier alpha value is -1.10. The predicted molar refractivity (Wildman–Crippen MR) is 57.3 cm³/mol. The molecule has 1 fully saturated rings. The van der Waals surface area contributed by atoms with E-state index in [0.29, 0.717) is 13.1 Å². The van der Waals surface area contributed by atoms with E-state index >= 15 is 0 Å². The Morgan fingerprint density at radius 3 is 2.40 bits per heavy atom. The van der Waals surface area contributed by atoms with Gasteiger partial charge in [-0.05, 0) is 26.8 Å². The second-order valence-electron chi connectivity index (χ2n) is 3.87. The number of nitrogens with one attached hydrogen (secondary N) is 3. The highest BCUT2D eigenvalue weighted by molar-refractivity contribution is 5.82. The minimum atomic E-state index is -0.191.